The van der Waals surface area contributed by atoms with E-state index < -0.39 is 0 Å². The third kappa shape index (κ3) is 2.89. The molecule has 136 valence electrons. The quantitative estimate of drug-likeness (QED) is 0.494. The van der Waals surface area contributed by atoms with Gasteiger partial charge in [-0.1, -0.05) is 44.0 Å². The van der Waals surface area contributed by atoms with Crippen molar-refractivity contribution in [3.8, 4) is 11.1 Å². The fourth-order valence-corrected chi connectivity index (χ4v) is 5.05. The molecule has 0 radical (unpaired) electrons. The van der Waals surface area contributed by atoms with Crippen LogP contribution in [0.4, 0.5) is 4.79 Å². The monoisotopic (exact) mass is 477 g/mol. The number of halogens is 2. The van der Waals surface area contributed by atoms with Crippen LogP contribution in [0.3, 0.4) is 0 Å². The van der Waals surface area contributed by atoms with Crippen molar-refractivity contribution in [2.24, 2.45) is 0 Å². The minimum absolute atomic E-state index is 0.0349. The van der Waals surface area contributed by atoms with Crippen molar-refractivity contribution in [3.63, 3.8) is 0 Å². The van der Waals surface area contributed by atoms with Crippen LogP contribution in [-0.4, -0.2) is 30.2 Å². The Balaban J connectivity index is 1.72. The Morgan fingerprint density at radius 3 is 1.96 bits per heavy atom. The Labute approximate surface area is 171 Å². The molecular formula is C21H21Br2NO2. The summed E-state index contributed by atoms with van der Waals surface area (Å²) in [5.41, 5.74) is 5.34. The maximum Gasteiger partial charge on any atom is 0.410 e. The summed E-state index contributed by atoms with van der Waals surface area (Å²) in [7, 11) is 0. The van der Waals surface area contributed by atoms with Crippen molar-refractivity contribution >= 4 is 38.0 Å². The number of carbonyl (C=O) groups is 1. The molecule has 1 aliphatic heterocycles. The van der Waals surface area contributed by atoms with Gasteiger partial charge in [-0.25, -0.2) is 4.79 Å². The highest BCUT2D eigenvalue weighted by atomic mass is 79.9. The smallest absolute Gasteiger partial charge is 0.410 e. The van der Waals surface area contributed by atoms with Crippen molar-refractivity contribution in [1.29, 1.82) is 0 Å². The first-order valence-corrected chi connectivity index (χ1v) is 10.6. The lowest BCUT2D eigenvalue weighted by atomic mass is 9.71. The fourth-order valence-electron chi connectivity index (χ4n) is 4.33. The number of piperidine rings is 1. The zero-order valence-electron chi connectivity index (χ0n) is 14.9. The number of hydrogen-bond donors (Lipinski definition) is 0. The number of fused-ring (bicyclic) bond motifs is 5. The second kappa shape index (κ2) is 6.68. The van der Waals surface area contributed by atoms with Crippen molar-refractivity contribution in [1.82, 2.24) is 4.90 Å². The van der Waals surface area contributed by atoms with Gasteiger partial charge >= 0.3 is 6.09 Å². The van der Waals surface area contributed by atoms with E-state index in [1.807, 2.05) is 18.7 Å². The highest BCUT2D eigenvalue weighted by Gasteiger charge is 2.46. The molecule has 2 aromatic carbocycles. The van der Waals surface area contributed by atoms with E-state index in [-0.39, 0.29) is 17.6 Å². The van der Waals surface area contributed by atoms with E-state index in [2.05, 4.69) is 68.3 Å². The van der Waals surface area contributed by atoms with Crippen LogP contribution < -0.4 is 0 Å². The lowest BCUT2D eigenvalue weighted by Gasteiger charge is -2.40. The summed E-state index contributed by atoms with van der Waals surface area (Å²) < 4.78 is 7.59. The van der Waals surface area contributed by atoms with E-state index >= 15 is 0 Å². The third-order valence-corrected chi connectivity index (χ3v) is 6.48. The Kier molecular flexibility index (Phi) is 4.64. The first kappa shape index (κ1) is 18.1. The topological polar surface area (TPSA) is 29.5 Å². The van der Waals surface area contributed by atoms with E-state index in [0.29, 0.717) is 13.1 Å². The average molecular weight is 479 g/mol. The maximum atomic E-state index is 12.3. The summed E-state index contributed by atoms with van der Waals surface area (Å²) in [5.74, 6) is 0. The zero-order chi connectivity index (χ0) is 18.5. The number of amides is 1. The van der Waals surface area contributed by atoms with Crippen LogP contribution in [0.5, 0.6) is 0 Å². The number of likely N-dealkylation sites (tertiary alicyclic amines) is 1. The van der Waals surface area contributed by atoms with Gasteiger partial charge < -0.3 is 9.64 Å². The second-order valence-corrected chi connectivity index (χ2v) is 9.21. The second-order valence-electron chi connectivity index (χ2n) is 7.38. The Bertz CT molecular complexity index is 817. The van der Waals surface area contributed by atoms with E-state index in [9.17, 15) is 4.79 Å². The Morgan fingerprint density at radius 1 is 1.00 bits per heavy atom. The van der Waals surface area contributed by atoms with Gasteiger partial charge in [-0.15, -0.1) is 0 Å². The molecule has 0 unspecified atom stereocenters. The molecule has 1 saturated heterocycles. The normalized spacial score (nSPS) is 17.3. The van der Waals surface area contributed by atoms with Gasteiger partial charge in [0.15, 0.2) is 0 Å². The van der Waals surface area contributed by atoms with E-state index in [4.69, 9.17) is 4.74 Å². The molecule has 1 spiro atoms. The Hall–Kier alpha value is -1.33. The molecule has 0 N–H and O–H groups in total. The van der Waals surface area contributed by atoms with Crippen LogP contribution >= 0.6 is 31.9 Å². The number of rotatable bonds is 1. The highest BCUT2D eigenvalue weighted by Crippen LogP contribution is 2.55. The van der Waals surface area contributed by atoms with Gasteiger partial charge in [0.2, 0.25) is 0 Å². The SMILES string of the molecule is CC(C)OC(=O)N1CCC2(CC1)c1cc(Br)ccc1-c1ccc(Br)cc12. The van der Waals surface area contributed by atoms with Gasteiger partial charge in [0.25, 0.3) is 0 Å². The summed E-state index contributed by atoms with van der Waals surface area (Å²) in [5, 5.41) is 0. The molecule has 2 aliphatic rings. The van der Waals surface area contributed by atoms with Crippen LogP contribution in [-0.2, 0) is 10.2 Å². The molecule has 3 nitrogen and oxygen atoms in total. The molecular weight excluding hydrogens is 458 g/mol. The predicted octanol–water partition coefficient (Wildman–Crippen LogP) is 6.12. The van der Waals surface area contributed by atoms with E-state index in [0.717, 1.165) is 21.8 Å². The molecule has 0 bridgehead atoms. The molecule has 0 atom stereocenters. The lowest BCUT2D eigenvalue weighted by molar-refractivity contribution is 0.0649. The zero-order valence-corrected chi connectivity index (χ0v) is 18.1. The van der Waals surface area contributed by atoms with Crippen LogP contribution in [0, 0.1) is 0 Å². The number of hydrogen-bond acceptors (Lipinski definition) is 2. The summed E-state index contributed by atoms with van der Waals surface area (Å²) in [6.45, 7) is 5.20. The molecule has 2 aromatic rings. The molecule has 1 amide bonds. The lowest BCUT2D eigenvalue weighted by Crippen LogP contribution is -2.45. The molecule has 5 heteroatoms. The van der Waals surface area contributed by atoms with Crippen molar-refractivity contribution in [2.75, 3.05) is 13.1 Å². The minimum Gasteiger partial charge on any atom is -0.447 e. The summed E-state index contributed by atoms with van der Waals surface area (Å²) in [6.07, 6.45) is 1.54. The molecule has 1 fully saturated rings. The first-order valence-electron chi connectivity index (χ1n) is 8.97. The molecule has 0 aromatic heterocycles. The summed E-state index contributed by atoms with van der Waals surface area (Å²) in [6, 6.07) is 13.1. The van der Waals surface area contributed by atoms with Gasteiger partial charge in [0.05, 0.1) is 6.10 Å². The maximum absolute atomic E-state index is 12.3. The van der Waals surface area contributed by atoms with Gasteiger partial charge in [0.1, 0.15) is 0 Å². The molecule has 1 heterocycles. The standard InChI is InChI=1S/C21H21Br2NO2/c1-13(2)26-20(25)24-9-7-21(8-10-24)18-11-14(22)3-5-16(18)17-6-4-15(23)12-19(17)21/h3-6,11-13H,7-10H2,1-2H3. The van der Waals surface area contributed by atoms with E-state index in [1.165, 1.54) is 22.3 Å². The van der Waals surface area contributed by atoms with Crippen LogP contribution in [0.1, 0.15) is 37.8 Å². The van der Waals surface area contributed by atoms with Crippen molar-refractivity contribution < 1.29 is 9.53 Å². The first-order chi connectivity index (χ1) is 12.4. The highest BCUT2D eigenvalue weighted by molar-refractivity contribution is 9.10. The third-order valence-electron chi connectivity index (χ3n) is 5.50. The van der Waals surface area contributed by atoms with Gasteiger partial charge in [-0.05, 0) is 73.2 Å². The van der Waals surface area contributed by atoms with Gasteiger partial charge in [-0.3, -0.25) is 0 Å². The van der Waals surface area contributed by atoms with Gasteiger partial charge in [0, 0.05) is 27.4 Å². The van der Waals surface area contributed by atoms with Crippen molar-refractivity contribution in [2.45, 2.75) is 38.2 Å². The number of nitrogens with zero attached hydrogens (tertiary/aromatic N) is 1. The van der Waals surface area contributed by atoms with Crippen LogP contribution in [0.15, 0.2) is 45.3 Å². The number of carbonyl (C=O) groups excluding carboxylic acids is 1. The predicted molar refractivity (Wildman–Crippen MR) is 110 cm³/mol. The molecule has 0 saturated carbocycles. The molecule has 26 heavy (non-hydrogen) atoms. The molecule has 4 rings (SSSR count). The van der Waals surface area contributed by atoms with Crippen LogP contribution in [0.25, 0.3) is 11.1 Å². The summed E-state index contributed by atoms with van der Waals surface area (Å²) in [4.78, 5) is 14.1. The van der Waals surface area contributed by atoms with Gasteiger partial charge in [-0.2, -0.15) is 0 Å². The van der Waals surface area contributed by atoms with Crippen LogP contribution in [0.2, 0.25) is 0 Å². The molecule has 1 aliphatic carbocycles. The number of ether oxygens (including phenoxy) is 1. The average Bonchev–Trinajstić information content (AvgIpc) is 2.84. The summed E-state index contributed by atoms with van der Waals surface area (Å²) >= 11 is 7.29. The Morgan fingerprint density at radius 2 is 1.50 bits per heavy atom. The van der Waals surface area contributed by atoms with Crippen molar-refractivity contribution in [3.05, 3.63) is 56.5 Å². The largest absolute Gasteiger partial charge is 0.447 e. The van der Waals surface area contributed by atoms with E-state index in [1.54, 1.807) is 0 Å². The number of benzene rings is 2. The minimum atomic E-state index is -0.197. The fraction of sp³-hybridized carbons (Fsp3) is 0.381.